The van der Waals surface area contributed by atoms with Crippen LogP contribution in [0.4, 0.5) is 0 Å². The summed E-state index contributed by atoms with van der Waals surface area (Å²) in [5, 5.41) is 7.52. The largest absolute Gasteiger partial charge is 0.457 e. The van der Waals surface area contributed by atoms with Gasteiger partial charge < -0.3 is 4.74 Å². The number of fused-ring (bicyclic) bond motifs is 3. The van der Waals surface area contributed by atoms with Gasteiger partial charge in [-0.05, 0) is 104 Å². The second kappa shape index (κ2) is 12.4. The molecule has 5 heteroatoms. The molecule has 0 N–H and O–H groups in total. The molecule has 3 heterocycles. The molecule has 0 amide bonds. The molecule has 49 heavy (non-hydrogen) atoms. The van der Waals surface area contributed by atoms with Gasteiger partial charge in [0.05, 0.1) is 22.4 Å². The van der Waals surface area contributed by atoms with E-state index in [1.165, 1.54) is 45.2 Å². The van der Waals surface area contributed by atoms with E-state index >= 15 is 0 Å². The normalized spacial score (nSPS) is 18.4. The van der Waals surface area contributed by atoms with Crippen molar-refractivity contribution in [3.05, 3.63) is 119 Å². The Morgan fingerprint density at radius 3 is 2.33 bits per heavy atom. The average Bonchev–Trinajstić information content (AvgIpc) is 3.53. The molecule has 3 atom stereocenters. The molecular weight excluding hydrogens is 601 g/mol. The maximum absolute atomic E-state index is 6.76. The van der Waals surface area contributed by atoms with Crippen molar-refractivity contribution in [2.75, 3.05) is 0 Å². The second-order valence-electron chi connectivity index (χ2n) is 15.8. The van der Waals surface area contributed by atoms with Gasteiger partial charge in [0, 0.05) is 46.3 Å². The molecule has 0 spiro atoms. The van der Waals surface area contributed by atoms with E-state index in [9.17, 15) is 0 Å². The van der Waals surface area contributed by atoms with Crippen LogP contribution < -0.4 is 4.74 Å². The van der Waals surface area contributed by atoms with Crippen molar-refractivity contribution in [3.8, 4) is 23.0 Å². The first kappa shape index (κ1) is 32.9. The highest BCUT2D eigenvalue weighted by Gasteiger charge is 2.31. The zero-order valence-corrected chi connectivity index (χ0v) is 30.8. The highest BCUT2D eigenvalue weighted by atomic mass is 16.5. The molecule has 0 saturated carbocycles. The summed E-state index contributed by atoms with van der Waals surface area (Å²) in [6, 6.07) is 25.9. The van der Waals surface area contributed by atoms with Gasteiger partial charge in [-0.2, -0.15) is 5.10 Å². The first-order valence-electron chi connectivity index (χ1n) is 17.9. The maximum atomic E-state index is 6.76. The van der Waals surface area contributed by atoms with E-state index < -0.39 is 0 Å². The highest BCUT2D eigenvalue weighted by molar-refractivity contribution is 6.09. The van der Waals surface area contributed by atoms with Crippen LogP contribution in [0.5, 0.6) is 11.5 Å². The van der Waals surface area contributed by atoms with Gasteiger partial charge in [-0.3, -0.25) is 4.57 Å². The van der Waals surface area contributed by atoms with E-state index in [0.29, 0.717) is 23.7 Å². The molecular formula is C44H50N4O. The quantitative estimate of drug-likeness (QED) is 0.169. The molecule has 0 saturated heterocycles. The lowest BCUT2D eigenvalue weighted by atomic mass is 9.72. The maximum Gasteiger partial charge on any atom is 0.137 e. The van der Waals surface area contributed by atoms with Crippen LogP contribution in [0.15, 0.2) is 90.6 Å². The van der Waals surface area contributed by atoms with Gasteiger partial charge in [-0.1, -0.05) is 78.3 Å². The third-order valence-corrected chi connectivity index (χ3v) is 10.6. The molecule has 0 fully saturated rings. The molecule has 1 aliphatic carbocycles. The van der Waals surface area contributed by atoms with E-state index in [2.05, 4.69) is 157 Å². The zero-order valence-electron chi connectivity index (χ0n) is 30.8. The van der Waals surface area contributed by atoms with E-state index in [0.717, 1.165) is 39.7 Å². The van der Waals surface area contributed by atoms with E-state index in [-0.39, 0.29) is 5.41 Å². The predicted molar refractivity (Wildman–Crippen MR) is 204 cm³/mol. The molecule has 7 rings (SSSR count). The molecule has 6 aromatic rings. The smallest absolute Gasteiger partial charge is 0.137 e. The minimum atomic E-state index is 0.0127. The van der Waals surface area contributed by atoms with Crippen LogP contribution >= 0.6 is 0 Å². The summed E-state index contributed by atoms with van der Waals surface area (Å²) in [7, 11) is 0. The number of ether oxygens (including phenoxy) is 1. The zero-order chi connectivity index (χ0) is 34.8. The summed E-state index contributed by atoms with van der Waals surface area (Å²) in [6.07, 6.45) is 5.58. The summed E-state index contributed by atoms with van der Waals surface area (Å²) in [5.41, 5.74) is 10.9. The fourth-order valence-electron chi connectivity index (χ4n) is 8.18. The van der Waals surface area contributed by atoms with Gasteiger partial charge >= 0.3 is 0 Å². The number of nitrogens with zero attached hydrogens (tertiary/aromatic N) is 4. The second-order valence-corrected chi connectivity index (χ2v) is 15.8. The van der Waals surface area contributed by atoms with Gasteiger partial charge in [-0.25, -0.2) is 9.67 Å². The van der Waals surface area contributed by atoms with Gasteiger partial charge in [0.1, 0.15) is 17.3 Å². The number of rotatable bonds is 6. The Balaban J connectivity index is 1.32. The molecule has 1 aliphatic rings. The molecule has 0 radical (unpaired) electrons. The lowest BCUT2D eigenvalue weighted by Crippen LogP contribution is -2.20. The molecule has 3 aromatic carbocycles. The van der Waals surface area contributed by atoms with E-state index in [1.807, 2.05) is 6.20 Å². The Morgan fingerprint density at radius 2 is 1.59 bits per heavy atom. The minimum Gasteiger partial charge on any atom is -0.457 e. The minimum absolute atomic E-state index is 0.0127. The third-order valence-electron chi connectivity index (χ3n) is 10.6. The van der Waals surface area contributed by atoms with Crippen molar-refractivity contribution < 1.29 is 4.74 Å². The topological polar surface area (TPSA) is 44.9 Å². The van der Waals surface area contributed by atoms with Gasteiger partial charge in [0.2, 0.25) is 0 Å². The van der Waals surface area contributed by atoms with Crippen LogP contribution in [0.2, 0.25) is 0 Å². The third kappa shape index (κ3) is 5.98. The van der Waals surface area contributed by atoms with Crippen molar-refractivity contribution in [1.29, 1.82) is 0 Å². The number of aromatic nitrogens is 4. The van der Waals surface area contributed by atoms with Crippen LogP contribution in [0.1, 0.15) is 102 Å². The van der Waals surface area contributed by atoms with Crippen LogP contribution in [0.3, 0.4) is 0 Å². The van der Waals surface area contributed by atoms with Crippen LogP contribution in [-0.4, -0.2) is 19.3 Å². The van der Waals surface area contributed by atoms with Crippen LogP contribution in [0.25, 0.3) is 33.3 Å². The molecule has 0 bridgehead atoms. The number of para-hydroxylation sites is 1. The highest BCUT2D eigenvalue weighted by Crippen LogP contribution is 2.43. The summed E-state index contributed by atoms with van der Waals surface area (Å²) in [6.45, 7) is 22.6. The summed E-state index contributed by atoms with van der Waals surface area (Å²) >= 11 is 0. The number of aryl methyl sites for hydroxylation is 1. The van der Waals surface area contributed by atoms with Crippen molar-refractivity contribution >= 4 is 21.8 Å². The Kier molecular flexibility index (Phi) is 8.29. The standard InChI is InChI=1S/C44H50N4O/c1-26(2)32-21-34(48-31(7)43(30(6)46-48)42-28(4)19-27(3)20-29(42)5)24-36(22-32)49-35-15-16-38-37-13-11-12-14-39(37)47(40(38)25-35)41-23-33(17-18-45-41)44(8,9)10/h11-19,21-27,29,42H,20H2,1-10H3/t27-,29-,42?/m0/s1. The SMILES string of the molecule is CC1=C[C@H](C)C[C@H](C)C1c1c(C)nn(-c2cc(Oc3ccc4c5ccccc5n(-c5cc(C(C)(C)C)ccn5)c4c3)cc(C(C)C)c2)c1C. The molecule has 1 unspecified atom stereocenters. The summed E-state index contributed by atoms with van der Waals surface area (Å²) in [4.78, 5) is 4.86. The van der Waals surface area contributed by atoms with Crippen molar-refractivity contribution in [2.45, 2.75) is 92.9 Å². The number of hydrogen-bond donors (Lipinski definition) is 0. The van der Waals surface area contributed by atoms with E-state index in [4.69, 9.17) is 14.8 Å². The number of hydrogen-bond acceptors (Lipinski definition) is 3. The Labute approximate surface area is 291 Å². The monoisotopic (exact) mass is 650 g/mol. The summed E-state index contributed by atoms with van der Waals surface area (Å²) < 4.78 is 11.2. The van der Waals surface area contributed by atoms with Gasteiger partial charge in [-0.15, -0.1) is 0 Å². The lowest BCUT2D eigenvalue weighted by molar-refractivity contribution is 0.390. The summed E-state index contributed by atoms with van der Waals surface area (Å²) in [5.74, 6) is 4.42. The lowest BCUT2D eigenvalue weighted by Gasteiger charge is -2.32. The van der Waals surface area contributed by atoms with Crippen molar-refractivity contribution in [2.24, 2.45) is 11.8 Å². The Hall–Kier alpha value is -4.64. The number of allylic oxidation sites excluding steroid dienone is 2. The Bertz CT molecular complexity index is 2220. The first-order chi connectivity index (χ1) is 23.3. The molecule has 3 aromatic heterocycles. The average molecular weight is 651 g/mol. The predicted octanol–water partition coefficient (Wildman–Crippen LogP) is 11.9. The van der Waals surface area contributed by atoms with Crippen molar-refractivity contribution in [3.63, 3.8) is 0 Å². The number of benzene rings is 3. The van der Waals surface area contributed by atoms with Gasteiger partial charge in [0.25, 0.3) is 0 Å². The number of pyridine rings is 1. The fourth-order valence-corrected chi connectivity index (χ4v) is 8.18. The van der Waals surface area contributed by atoms with Crippen LogP contribution in [0, 0.1) is 25.7 Å². The first-order valence-corrected chi connectivity index (χ1v) is 17.9. The molecule has 5 nitrogen and oxygen atoms in total. The van der Waals surface area contributed by atoms with Gasteiger partial charge in [0.15, 0.2) is 0 Å². The van der Waals surface area contributed by atoms with Crippen LogP contribution in [-0.2, 0) is 5.41 Å². The fraction of sp³-hybridized carbons (Fsp3) is 0.364. The molecule has 0 aliphatic heterocycles. The molecule has 252 valence electrons. The van der Waals surface area contributed by atoms with Crippen molar-refractivity contribution in [1.82, 2.24) is 19.3 Å². The van der Waals surface area contributed by atoms with E-state index in [1.54, 1.807) is 0 Å². The Morgan fingerprint density at radius 1 is 0.837 bits per heavy atom.